The molecule has 0 saturated heterocycles. The third-order valence-corrected chi connectivity index (χ3v) is 2.07. The van der Waals surface area contributed by atoms with Crippen LogP contribution in [0.4, 0.5) is 22.4 Å². The predicted molar refractivity (Wildman–Crippen MR) is 57.4 cm³/mol. The minimum atomic E-state index is -4.50. The number of amides is 2. The van der Waals surface area contributed by atoms with Crippen molar-refractivity contribution in [2.75, 3.05) is 6.54 Å². The second-order valence-electron chi connectivity index (χ2n) is 3.57. The summed E-state index contributed by atoms with van der Waals surface area (Å²) in [7, 11) is 0. The van der Waals surface area contributed by atoms with Crippen LogP contribution in [-0.4, -0.2) is 18.8 Å². The van der Waals surface area contributed by atoms with Gasteiger partial charge in [-0.25, -0.2) is 9.18 Å². The summed E-state index contributed by atoms with van der Waals surface area (Å²) in [6.45, 7) is -1.74. The lowest BCUT2D eigenvalue weighted by molar-refractivity contribution is -0.122. The van der Waals surface area contributed by atoms with Gasteiger partial charge in [0.2, 0.25) is 0 Å². The minimum absolute atomic E-state index is 0.0705. The first-order chi connectivity index (χ1) is 8.81. The molecule has 0 unspecified atom stereocenters. The molecular formula is C11H9F4N3O. The van der Waals surface area contributed by atoms with E-state index in [0.717, 1.165) is 6.07 Å². The zero-order valence-corrected chi connectivity index (χ0v) is 9.51. The highest BCUT2D eigenvalue weighted by Gasteiger charge is 2.27. The van der Waals surface area contributed by atoms with Crippen LogP contribution in [0.1, 0.15) is 11.1 Å². The molecule has 102 valence electrons. The molecule has 8 heteroatoms. The van der Waals surface area contributed by atoms with Gasteiger partial charge in [0.25, 0.3) is 0 Å². The molecule has 0 bridgehead atoms. The van der Waals surface area contributed by atoms with Gasteiger partial charge in [-0.15, -0.1) is 0 Å². The van der Waals surface area contributed by atoms with Crippen molar-refractivity contribution in [1.29, 1.82) is 5.26 Å². The van der Waals surface area contributed by atoms with E-state index in [0.29, 0.717) is 0 Å². The Morgan fingerprint density at radius 1 is 1.32 bits per heavy atom. The Labute approximate surface area is 106 Å². The Balaban J connectivity index is 2.49. The summed E-state index contributed by atoms with van der Waals surface area (Å²) in [5.74, 6) is -0.713. The number of carbonyl (C=O) groups is 1. The summed E-state index contributed by atoms with van der Waals surface area (Å²) in [4.78, 5) is 11.0. The van der Waals surface area contributed by atoms with E-state index in [4.69, 9.17) is 5.26 Å². The van der Waals surface area contributed by atoms with Gasteiger partial charge in [-0.05, 0) is 12.1 Å². The molecule has 0 aliphatic carbocycles. The topological polar surface area (TPSA) is 64.9 Å². The lowest BCUT2D eigenvalue weighted by Crippen LogP contribution is -2.40. The number of alkyl halides is 3. The maximum absolute atomic E-state index is 13.4. The number of hydrogen-bond acceptors (Lipinski definition) is 2. The number of hydrogen-bond donors (Lipinski definition) is 2. The van der Waals surface area contributed by atoms with Crippen molar-refractivity contribution in [3.8, 4) is 6.07 Å². The number of carbonyl (C=O) groups excluding carboxylic acids is 1. The van der Waals surface area contributed by atoms with Gasteiger partial charge in [-0.1, -0.05) is 6.07 Å². The fraction of sp³-hybridized carbons (Fsp3) is 0.273. The molecule has 2 N–H and O–H groups in total. The molecular weight excluding hydrogens is 266 g/mol. The highest BCUT2D eigenvalue weighted by Crippen LogP contribution is 2.12. The van der Waals surface area contributed by atoms with E-state index in [1.54, 1.807) is 11.4 Å². The second kappa shape index (κ2) is 6.04. The van der Waals surface area contributed by atoms with Crippen LogP contribution in [0.3, 0.4) is 0 Å². The Morgan fingerprint density at radius 2 is 2.00 bits per heavy atom. The number of nitrogens with zero attached hydrogens (tertiary/aromatic N) is 1. The van der Waals surface area contributed by atoms with Crippen molar-refractivity contribution in [2.24, 2.45) is 0 Å². The third-order valence-electron chi connectivity index (χ3n) is 2.07. The largest absolute Gasteiger partial charge is 0.405 e. The fourth-order valence-corrected chi connectivity index (χ4v) is 1.18. The summed E-state index contributed by atoms with van der Waals surface area (Å²) in [6, 6.07) is 4.27. The first kappa shape index (κ1) is 14.8. The van der Waals surface area contributed by atoms with E-state index in [1.165, 1.54) is 12.1 Å². The zero-order chi connectivity index (χ0) is 14.5. The van der Waals surface area contributed by atoms with E-state index >= 15 is 0 Å². The Bertz CT molecular complexity index is 508. The van der Waals surface area contributed by atoms with Gasteiger partial charge in [0.1, 0.15) is 12.4 Å². The molecule has 0 aliphatic rings. The molecule has 1 aromatic carbocycles. The number of nitriles is 1. The molecule has 0 aliphatic heterocycles. The lowest BCUT2D eigenvalue weighted by atomic mass is 10.1. The number of rotatable bonds is 3. The third kappa shape index (κ3) is 5.25. The van der Waals surface area contributed by atoms with Crippen LogP contribution >= 0.6 is 0 Å². The van der Waals surface area contributed by atoms with Gasteiger partial charge in [0.05, 0.1) is 11.6 Å². The molecule has 1 rings (SSSR count). The van der Waals surface area contributed by atoms with Gasteiger partial charge < -0.3 is 10.6 Å². The summed E-state index contributed by atoms with van der Waals surface area (Å²) >= 11 is 0. The van der Waals surface area contributed by atoms with Crippen molar-refractivity contribution in [3.05, 3.63) is 35.1 Å². The van der Waals surface area contributed by atoms with Gasteiger partial charge >= 0.3 is 12.2 Å². The highest BCUT2D eigenvalue weighted by molar-refractivity contribution is 5.73. The van der Waals surface area contributed by atoms with Crippen molar-refractivity contribution in [2.45, 2.75) is 12.7 Å². The SMILES string of the molecule is N#Cc1ccc(CNC(=O)NCC(F)(F)F)c(F)c1. The maximum atomic E-state index is 13.4. The Morgan fingerprint density at radius 3 is 2.53 bits per heavy atom. The average Bonchev–Trinajstić information content (AvgIpc) is 2.34. The van der Waals surface area contributed by atoms with Crippen LogP contribution in [-0.2, 0) is 6.54 Å². The summed E-state index contributed by atoms with van der Waals surface area (Å²) in [5, 5.41) is 12.2. The molecule has 2 amide bonds. The maximum Gasteiger partial charge on any atom is 0.405 e. The zero-order valence-electron chi connectivity index (χ0n) is 9.51. The summed E-state index contributed by atoms with van der Waals surface area (Å²) in [5.41, 5.74) is 0.184. The van der Waals surface area contributed by atoms with E-state index in [2.05, 4.69) is 5.32 Å². The normalized spacial score (nSPS) is 10.7. The summed E-state index contributed by atoms with van der Waals surface area (Å²) in [6.07, 6.45) is -4.50. The summed E-state index contributed by atoms with van der Waals surface area (Å²) < 4.78 is 48.7. The van der Waals surface area contributed by atoms with Gasteiger partial charge in [-0.3, -0.25) is 0 Å². The second-order valence-corrected chi connectivity index (χ2v) is 3.57. The van der Waals surface area contributed by atoms with Crippen LogP contribution in [0.15, 0.2) is 18.2 Å². The number of urea groups is 1. The molecule has 1 aromatic rings. The number of nitrogens with one attached hydrogen (secondary N) is 2. The predicted octanol–water partition coefficient (Wildman–Crippen LogP) is 2.06. The molecule has 0 atom stereocenters. The van der Waals surface area contributed by atoms with Crippen LogP contribution < -0.4 is 10.6 Å². The molecule has 0 fully saturated rings. The van der Waals surface area contributed by atoms with E-state index in [-0.39, 0.29) is 17.7 Å². The van der Waals surface area contributed by atoms with Crippen LogP contribution in [0.25, 0.3) is 0 Å². The standard InChI is InChI=1S/C11H9F4N3O/c12-9-3-7(4-16)1-2-8(9)5-17-10(19)18-6-11(13,14)15/h1-3H,5-6H2,(H2,17,18,19). The van der Waals surface area contributed by atoms with Crippen molar-refractivity contribution >= 4 is 6.03 Å². The Hall–Kier alpha value is -2.30. The van der Waals surface area contributed by atoms with Crippen molar-refractivity contribution < 1.29 is 22.4 Å². The molecule has 19 heavy (non-hydrogen) atoms. The van der Waals surface area contributed by atoms with Crippen LogP contribution in [0, 0.1) is 17.1 Å². The average molecular weight is 275 g/mol. The first-order valence-electron chi connectivity index (χ1n) is 5.09. The van der Waals surface area contributed by atoms with Crippen molar-refractivity contribution in [1.82, 2.24) is 10.6 Å². The smallest absolute Gasteiger partial charge is 0.334 e. The van der Waals surface area contributed by atoms with Crippen LogP contribution in [0.5, 0.6) is 0 Å². The minimum Gasteiger partial charge on any atom is -0.334 e. The molecule has 0 heterocycles. The number of halogens is 4. The van der Waals surface area contributed by atoms with Gasteiger partial charge in [0.15, 0.2) is 0 Å². The van der Waals surface area contributed by atoms with E-state index < -0.39 is 24.6 Å². The first-order valence-corrected chi connectivity index (χ1v) is 5.09. The highest BCUT2D eigenvalue weighted by atomic mass is 19.4. The fourth-order valence-electron chi connectivity index (χ4n) is 1.18. The van der Waals surface area contributed by atoms with E-state index in [1.807, 2.05) is 0 Å². The molecule has 4 nitrogen and oxygen atoms in total. The van der Waals surface area contributed by atoms with Gasteiger partial charge in [-0.2, -0.15) is 18.4 Å². The lowest BCUT2D eigenvalue weighted by Gasteiger charge is -2.10. The number of benzene rings is 1. The van der Waals surface area contributed by atoms with Gasteiger partial charge in [0, 0.05) is 12.1 Å². The monoisotopic (exact) mass is 275 g/mol. The van der Waals surface area contributed by atoms with Crippen LogP contribution in [0.2, 0.25) is 0 Å². The van der Waals surface area contributed by atoms with E-state index in [9.17, 15) is 22.4 Å². The van der Waals surface area contributed by atoms with Crippen molar-refractivity contribution in [3.63, 3.8) is 0 Å². The molecule has 0 radical (unpaired) electrons. The molecule has 0 aromatic heterocycles. The molecule has 0 saturated carbocycles. The Kier molecular flexibility index (Phi) is 4.69. The quantitative estimate of drug-likeness (QED) is 0.829. The molecule has 0 spiro atoms.